The molecule has 3 N–H and O–H groups in total. The first-order valence-electron chi connectivity index (χ1n) is 8.11. The molecule has 0 aliphatic carbocycles. The lowest BCUT2D eigenvalue weighted by Crippen LogP contribution is -2.31. The van der Waals surface area contributed by atoms with Crippen LogP contribution in [0.2, 0.25) is 5.02 Å². The van der Waals surface area contributed by atoms with Crippen LogP contribution in [0.4, 0.5) is 5.69 Å². The van der Waals surface area contributed by atoms with E-state index in [4.69, 9.17) is 16.7 Å². The Balaban J connectivity index is 1.86. The van der Waals surface area contributed by atoms with Crippen molar-refractivity contribution in [3.63, 3.8) is 0 Å². The average molecular weight is 372 g/mol. The lowest BCUT2D eigenvalue weighted by atomic mass is 10.1. The predicted octanol–water partition coefficient (Wildman–Crippen LogP) is 2.79. The normalized spacial score (nSPS) is 10.7. The Bertz CT molecular complexity index is 952. The van der Waals surface area contributed by atoms with Gasteiger partial charge in [0.15, 0.2) is 0 Å². The molecule has 26 heavy (non-hydrogen) atoms. The third-order valence-corrected chi connectivity index (χ3v) is 4.30. The maximum Gasteiger partial charge on any atom is 0.286 e. The van der Waals surface area contributed by atoms with E-state index in [1.165, 1.54) is 0 Å². The van der Waals surface area contributed by atoms with Crippen molar-refractivity contribution < 1.29 is 14.7 Å². The molecule has 0 radical (unpaired) electrons. The van der Waals surface area contributed by atoms with E-state index >= 15 is 0 Å². The molecule has 0 bridgehead atoms. The molecule has 7 heteroatoms. The van der Waals surface area contributed by atoms with Crippen LogP contribution >= 0.6 is 11.6 Å². The van der Waals surface area contributed by atoms with E-state index < -0.39 is 0 Å². The number of aromatic nitrogens is 1. The van der Waals surface area contributed by atoms with Gasteiger partial charge in [-0.2, -0.15) is 0 Å². The number of aldehydes is 1. The van der Waals surface area contributed by atoms with Gasteiger partial charge in [0.2, 0.25) is 0 Å². The lowest BCUT2D eigenvalue weighted by Gasteiger charge is -2.13. The van der Waals surface area contributed by atoms with Gasteiger partial charge >= 0.3 is 0 Å². The average Bonchev–Trinajstić information content (AvgIpc) is 2.99. The zero-order valence-electron chi connectivity index (χ0n) is 13.9. The number of carbonyl (C=O) groups excluding carboxylic acids is 2. The molecule has 1 amide bonds. The monoisotopic (exact) mass is 371 g/mol. The molecule has 1 aromatic heterocycles. The second-order valence-corrected chi connectivity index (χ2v) is 6.16. The van der Waals surface area contributed by atoms with Crippen LogP contribution in [0.3, 0.4) is 0 Å². The van der Waals surface area contributed by atoms with E-state index in [1.54, 1.807) is 28.8 Å². The summed E-state index contributed by atoms with van der Waals surface area (Å²) in [6, 6.07) is 14.3. The highest BCUT2D eigenvalue weighted by atomic mass is 35.5. The van der Waals surface area contributed by atoms with Crippen LogP contribution in [0.5, 0.6) is 0 Å². The van der Waals surface area contributed by atoms with Gasteiger partial charge in [0.25, 0.3) is 5.91 Å². The lowest BCUT2D eigenvalue weighted by molar-refractivity contribution is -0.108. The Kier molecular flexibility index (Phi) is 5.55. The van der Waals surface area contributed by atoms with Crippen LogP contribution in [0.15, 0.2) is 48.5 Å². The standard InChI is InChI=1S/C19H18ClN3O3/c20-15-5-6-17-14(11-15)12-18(23(17)8-10-25)19(26)22-21-16-4-2-1-3-13(16)7-9-24/h1-6,10-12,21,24H,7-9H2,(H,22,26). The number of hydrazine groups is 1. The predicted molar refractivity (Wildman–Crippen MR) is 101 cm³/mol. The van der Waals surface area contributed by atoms with Crippen molar-refractivity contribution in [1.29, 1.82) is 0 Å². The quantitative estimate of drug-likeness (QED) is 0.440. The number of nitrogens with one attached hydrogen (secondary N) is 2. The first-order chi connectivity index (χ1) is 12.6. The van der Waals surface area contributed by atoms with Gasteiger partial charge in [-0.25, -0.2) is 0 Å². The maximum atomic E-state index is 12.6. The van der Waals surface area contributed by atoms with Crippen LogP contribution in [0.25, 0.3) is 10.9 Å². The number of hydrogen-bond donors (Lipinski definition) is 3. The first kappa shape index (κ1) is 18.0. The topological polar surface area (TPSA) is 83.4 Å². The highest BCUT2D eigenvalue weighted by Gasteiger charge is 2.16. The summed E-state index contributed by atoms with van der Waals surface area (Å²) in [5.41, 5.74) is 8.23. The molecule has 0 aliphatic heterocycles. The molecular formula is C19H18ClN3O3. The third-order valence-electron chi connectivity index (χ3n) is 4.06. The summed E-state index contributed by atoms with van der Waals surface area (Å²) in [4.78, 5) is 23.7. The molecule has 0 saturated carbocycles. The number of halogens is 1. The molecule has 0 saturated heterocycles. The molecule has 0 aliphatic rings. The van der Waals surface area contributed by atoms with Gasteiger partial charge < -0.3 is 14.5 Å². The van der Waals surface area contributed by atoms with Crippen molar-refractivity contribution in [2.45, 2.75) is 13.0 Å². The Morgan fingerprint density at radius 1 is 1.19 bits per heavy atom. The van der Waals surface area contributed by atoms with Crippen LogP contribution in [-0.2, 0) is 17.8 Å². The molecule has 6 nitrogen and oxygen atoms in total. The molecule has 0 unspecified atom stereocenters. The number of benzene rings is 2. The number of amides is 1. The minimum Gasteiger partial charge on any atom is -0.396 e. The van der Waals surface area contributed by atoms with Gasteiger partial charge in [-0.05, 0) is 42.3 Å². The maximum absolute atomic E-state index is 12.6. The van der Waals surface area contributed by atoms with Crippen molar-refractivity contribution >= 4 is 40.4 Å². The van der Waals surface area contributed by atoms with Gasteiger partial charge in [0.1, 0.15) is 12.0 Å². The summed E-state index contributed by atoms with van der Waals surface area (Å²) in [5.74, 6) is -0.377. The number of carbonyl (C=O) groups is 2. The van der Waals surface area contributed by atoms with Gasteiger partial charge in [-0.15, -0.1) is 0 Å². The van der Waals surface area contributed by atoms with E-state index in [0.29, 0.717) is 22.8 Å². The summed E-state index contributed by atoms with van der Waals surface area (Å²) in [5, 5.41) is 10.5. The molecular weight excluding hydrogens is 354 g/mol. The minimum absolute atomic E-state index is 0.0149. The fraction of sp³-hybridized carbons (Fsp3) is 0.158. The van der Waals surface area contributed by atoms with Gasteiger partial charge in [-0.3, -0.25) is 15.6 Å². The summed E-state index contributed by atoms with van der Waals surface area (Å²) < 4.78 is 1.63. The fourth-order valence-corrected chi connectivity index (χ4v) is 3.05. The largest absolute Gasteiger partial charge is 0.396 e. The smallest absolute Gasteiger partial charge is 0.286 e. The van der Waals surface area contributed by atoms with E-state index in [9.17, 15) is 9.59 Å². The Hall–Kier alpha value is -2.83. The number of rotatable bonds is 7. The summed E-state index contributed by atoms with van der Waals surface area (Å²) in [7, 11) is 0. The van der Waals surface area contributed by atoms with Crippen LogP contribution in [-0.4, -0.2) is 28.5 Å². The molecule has 2 aromatic carbocycles. The number of anilines is 1. The van der Waals surface area contributed by atoms with Crippen molar-refractivity contribution in [2.24, 2.45) is 0 Å². The minimum atomic E-state index is -0.377. The van der Waals surface area contributed by atoms with Gasteiger partial charge in [-0.1, -0.05) is 29.8 Å². The van der Waals surface area contributed by atoms with Crippen LogP contribution < -0.4 is 10.9 Å². The molecule has 134 valence electrons. The van der Waals surface area contributed by atoms with Crippen molar-refractivity contribution in [3.05, 3.63) is 64.8 Å². The number of nitrogens with zero attached hydrogens (tertiary/aromatic N) is 1. The third kappa shape index (κ3) is 3.71. The van der Waals surface area contributed by atoms with E-state index in [0.717, 1.165) is 22.8 Å². The molecule has 0 atom stereocenters. The number of fused-ring (bicyclic) bond motifs is 1. The summed E-state index contributed by atoms with van der Waals surface area (Å²) >= 11 is 6.01. The first-order valence-corrected chi connectivity index (χ1v) is 8.49. The van der Waals surface area contributed by atoms with E-state index in [2.05, 4.69) is 10.9 Å². The Morgan fingerprint density at radius 3 is 2.77 bits per heavy atom. The molecule has 0 spiro atoms. The number of hydrogen-bond acceptors (Lipinski definition) is 4. The SMILES string of the molecule is O=CCn1c(C(=O)NNc2ccccc2CCO)cc2cc(Cl)ccc21. The van der Waals surface area contributed by atoms with Crippen LogP contribution in [0.1, 0.15) is 16.1 Å². The second kappa shape index (κ2) is 8.03. The van der Waals surface area contributed by atoms with E-state index in [1.807, 2.05) is 24.3 Å². The Morgan fingerprint density at radius 2 is 2.00 bits per heavy atom. The van der Waals surface area contributed by atoms with E-state index in [-0.39, 0.29) is 19.1 Å². The number of para-hydroxylation sites is 1. The summed E-state index contributed by atoms with van der Waals surface area (Å²) in [6.07, 6.45) is 1.22. The summed E-state index contributed by atoms with van der Waals surface area (Å²) in [6.45, 7) is 0.0793. The zero-order valence-corrected chi connectivity index (χ0v) is 14.7. The van der Waals surface area contributed by atoms with Crippen molar-refractivity contribution in [3.8, 4) is 0 Å². The highest BCUT2D eigenvalue weighted by Crippen LogP contribution is 2.23. The fourth-order valence-electron chi connectivity index (χ4n) is 2.87. The van der Waals surface area contributed by atoms with Crippen molar-refractivity contribution in [2.75, 3.05) is 12.0 Å². The van der Waals surface area contributed by atoms with Crippen molar-refractivity contribution in [1.82, 2.24) is 9.99 Å². The highest BCUT2D eigenvalue weighted by molar-refractivity contribution is 6.31. The Labute approximate surface area is 155 Å². The molecule has 3 aromatic rings. The van der Waals surface area contributed by atoms with Gasteiger partial charge in [0.05, 0.1) is 12.2 Å². The zero-order chi connectivity index (χ0) is 18.5. The van der Waals surface area contributed by atoms with Gasteiger partial charge in [0, 0.05) is 22.5 Å². The molecule has 3 rings (SSSR count). The number of aliphatic hydroxyl groups is 1. The molecule has 1 heterocycles. The van der Waals surface area contributed by atoms with Crippen LogP contribution in [0, 0.1) is 0 Å². The molecule has 0 fully saturated rings. The second-order valence-electron chi connectivity index (χ2n) is 5.72. The number of aliphatic hydroxyl groups excluding tert-OH is 1.